The lowest BCUT2D eigenvalue weighted by molar-refractivity contribution is -0.167. The maximum absolute atomic E-state index is 12.7. The van der Waals surface area contributed by atoms with E-state index >= 15 is 0 Å². The lowest BCUT2D eigenvalue weighted by Gasteiger charge is -2.18. The minimum atomic E-state index is -0.771. The highest BCUT2D eigenvalue weighted by molar-refractivity contribution is 5.71. The Morgan fingerprint density at radius 3 is 1.06 bits per heavy atom. The topological polar surface area (TPSA) is 78.9 Å². The summed E-state index contributed by atoms with van der Waals surface area (Å²) in [5.41, 5.74) is 0. The summed E-state index contributed by atoms with van der Waals surface area (Å²) in [6, 6.07) is 0. The van der Waals surface area contributed by atoms with Gasteiger partial charge in [0.1, 0.15) is 13.2 Å². The van der Waals surface area contributed by atoms with Crippen molar-refractivity contribution in [2.75, 3.05) is 13.2 Å². The van der Waals surface area contributed by atoms with Crippen molar-refractivity contribution in [3.63, 3.8) is 0 Å². The molecular formula is C45H82O6. The third-order valence-electron chi connectivity index (χ3n) is 9.43. The van der Waals surface area contributed by atoms with E-state index in [1.165, 1.54) is 109 Å². The molecule has 298 valence electrons. The van der Waals surface area contributed by atoms with Gasteiger partial charge < -0.3 is 14.2 Å². The Labute approximate surface area is 315 Å². The molecule has 51 heavy (non-hydrogen) atoms. The van der Waals surface area contributed by atoms with Crippen molar-refractivity contribution in [3.8, 4) is 0 Å². The van der Waals surface area contributed by atoms with Gasteiger partial charge in [0.25, 0.3) is 0 Å². The van der Waals surface area contributed by atoms with Crippen molar-refractivity contribution >= 4 is 17.9 Å². The van der Waals surface area contributed by atoms with Crippen LogP contribution in [-0.4, -0.2) is 37.2 Å². The van der Waals surface area contributed by atoms with Crippen molar-refractivity contribution in [1.29, 1.82) is 0 Å². The Morgan fingerprint density at radius 2 is 0.667 bits per heavy atom. The fraction of sp³-hybridized carbons (Fsp3) is 0.844. The molecule has 1 unspecified atom stereocenters. The molecule has 0 saturated carbocycles. The van der Waals surface area contributed by atoms with Crippen molar-refractivity contribution in [2.45, 2.75) is 232 Å². The lowest BCUT2D eigenvalue weighted by atomic mass is 10.1. The van der Waals surface area contributed by atoms with Crippen LogP contribution in [0.1, 0.15) is 226 Å². The standard InChI is InChI=1S/C45H82O6/c1-4-7-10-13-16-19-21-22-24-26-29-32-35-38-44(47)50-41-42(40-49-43(46)37-34-31-28-25-18-15-12-9-6-3)51-45(48)39-36-33-30-27-23-20-17-14-11-8-5-2/h14,17,19,21,42H,4-13,15-16,18,20,22-41H2,1-3H3/b17-14-,21-19-. The quantitative estimate of drug-likeness (QED) is 0.0272. The maximum atomic E-state index is 12.7. The van der Waals surface area contributed by atoms with Gasteiger partial charge in [-0.1, -0.05) is 167 Å². The van der Waals surface area contributed by atoms with Gasteiger partial charge in [-0.05, 0) is 64.2 Å². The summed E-state index contributed by atoms with van der Waals surface area (Å²) in [4.78, 5) is 37.6. The Morgan fingerprint density at radius 1 is 0.373 bits per heavy atom. The number of unbranched alkanes of at least 4 members (excludes halogenated alkanes) is 24. The van der Waals surface area contributed by atoms with Crippen LogP contribution in [-0.2, 0) is 28.6 Å². The van der Waals surface area contributed by atoms with E-state index in [2.05, 4.69) is 45.1 Å². The summed E-state index contributed by atoms with van der Waals surface area (Å²) in [5, 5.41) is 0. The van der Waals surface area contributed by atoms with Crippen molar-refractivity contribution < 1.29 is 28.6 Å². The molecule has 6 nitrogen and oxygen atoms in total. The van der Waals surface area contributed by atoms with Crippen LogP contribution in [0.15, 0.2) is 24.3 Å². The van der Waals surface area contributed by atoms with E-state index in [0.717, 1.165) is 77.0 Å². The van der Waals surface area contributed by atoms with E-state index in [1.54, 1.807) is 0 Å². The van der Waals surface area contributed by atoms with E-state index in [9.17, 15) is 14.4 Å². The second-order valence-electron chi connectivity index (χ2n) is 14.6. The van der Waals surface area contributed by atoms with Gasteiger partial charge in [-0.25, -0.2) is 0 Å². The van der Waals surface area contributed by atoms with Crippen LogP contribution in [0.2, 0.25) is 0 Å². The fourth-order valence-corrected chi connectivity index (χ4v) is 6.06. The third-order valence-corrected chi connectivity index (χ3v) is 9.43. The first-order chi connectivity index (χ1) is 25.0. The lowest BCUT2D eigenvalue weighted by Crippen LogP contribution is -2.30. The van der Waals surface area contributed by atoms with Gasteiger partial charge in [0.2, 0.25) is 0 Å². The second-order valence-corrected chi connectivity index (χ2v) is 14.6. The van der Waals surface area contributed by atoms with Gasteiger partial charge >= 0.3 is 17.9 Å². The number of hydrogen-bond acceptors (Lipinski definition) is 6. The Kier molecular flexibility index (Phi) is 39.0. The van der Waals surface area contributed by atoms with Gasteiger partial charge in [-0.3, -0.25) is 14.4 Å². The number of carbonyl (C=O) groups is 3. The summed E-state index contributed by atoms with van der Waals surface area (Å²) in [5.74, 6) is -0.896. The highest BCUT2D eigenvalue weighted by atomic mass is 16.6. The summed E-state index contributed by atoms with van der Waals surface area (Å²) >= 11 is 0. The first kappa shape index (κ1) is 48.9. The average molecular weight is 719 g/mol. The van der Waals surface area contributed by atoms with Gasteiger partial charge in [-0.2, -0.15) is 0 Å². The van der Waals surface area contributed by atoms with Crippen LogP contribution in [0.25, 0.3) is 0 Å². The van der Waals surface area contributed by atoms with Crippen LogP contribution >= 0.6 is 0 Å². The Bertz CT molecular complexity index is 835. The van der Waals surface area contributed by atoms with Crippen molar-refractivity contribution in [2.24, 2.45) is 0 Å². The molecule has 0 aliphatic rings. The molecule has 0 heterocycles. The van der Waals surface area contributed by atoms with E-state index in [1.807, 2.05) is 0 Å². The molecule has 0 aromatic heterocycles. The largest absolute Gasteiger partial charge is 0.462 e. The normalized spacial score (nSPS) is 12.1. The zero-order valence-corrected chi connectivity index (χ0v) is 33.9. The van der Waals surface area contributed by atoms with Crippen LogP contribution in [0, 0.1) is 0 Å². The van der Waals surface area contributed by atoms with Gasteiger partial charge in [-0.15, -0.1) is 0 Å². The third kappa shape index (κ3) is 38.9. The van der Waals surface area contributed by atoms with Gasteiger partial charge in [0.05, 0.1) is 0 Å². The maximum Gasteiger partial charge on any atom is 0.306 e. The smallest absolute Gasteiger partial charge is 0.306 e. The first-order valence-corrected chi connectivity index (χ1v) is 21.8. The van der Waals surface area contributed by atoms with Crippen LogP contribution in [0.4, 0.5) is 0 Å². The SMILES string of the molecule is CCCC/C=C\CCCCCCCC(=O)OC(COC(=O)CCCCCCC/C=C\CCCCCC)COC(=O)CCCCCCCCCCC. The number of rotatable bonds is 39. The molecular weight excluding hydrogens is 636 g/mol. The zero-order chi connectivity index (χ0) is 37.3. The molecule has 0 saturated heterocycles. The minimum Gasteiger partial charge on any atom is -0.462 e. The molecule has 1 atom stereocenters. The molecule has 0 aliphatic heterocycles. The minimum absolute atomic E-state index is 0.0752. The first-order valence-electron chi connectivity index (χ1n) is 21.8. The molecule has 0 spiro atoms. The highest BCUT2D eigenvalue weighted by Crippen LogP contribution is 2.14. The summed E-state index contributed by atoms with van der Waals surface area (Å²) in [6.45, 7) is 6.54. The second kappa shape index (κ2) is 40.7. The highest BCUT2D eigenvalue weighted by Gasteiger charge is 2.19. The number of esters is 3. The zero-order valence-electron chi connectivity index (χ0n) is 33.9. The Balaban J connectivity index is 4.37. The van der Waals surface area contributed by atoms with E-state index < -0.39 is 6.10 Å². The molecule has 0 aromatic carbocycles. The average Bonchev–Trinajstić information content (AvgIpc) is 3.12. The summed E-state index contributed by atoms with van der Waals surface area (Å²) in [6.07, 6.45) is 43.0. The number of hydrogen-bond donors (Lipinski definition) is 0. The van der Waals surface area contributed by atoms with Crippen LogP contribution < -0.4 is 0 Å². The predicted octanol–water partition coefficient (Wildman–Crippen LogP) is 13.6. The molecule has 0 aliphatic carbocycles. The summed E-state index contributed by atoms with van der Waals surface area (Å²) in [7, 11) is 0. The van der Waals surface area contributed by atoms with Gasteiger partial charge in [0.15, 0.2) is 6.10 Å². The van der Waals surface area contributed by atoms with Crippen LogP contribution in [0.3, 0.4) is 0 Å². The molecule has 0 fully saturated rings. The van der Waals surface area contributed by atoms with E-state index in [4.69, 9.17) is 14.2 Å². The number of allylic oxidation sites excluding steroid dienone is 4. The Hall–Kier alpha value is -2.11. The molecule has 0 rings (SSSR count). The van der Waals surface area contributed by atoms with E-state index in [0.29, 0.717) is 19.3 Å². The molecule has 6 heteroatoms. The van der Waals surface area contributed by atoms with Gasteiger partial charge in [0, 0.05) is 19.3 Å². The van der Waals surface area contributed by atoms with Crippen molar-refractivity contribution in [3.05, 3.63) is 24.3 Å². The fourth-order valence-electron chi connectivity index (χ4n) is 6.06. The van der Waals surface area contributed by atoms with Crippen LogP contribution in [0.5, 0.6) is 0 Å². The van der Waals surface area contributed by atoms with Crippen molar-refractivity contribution in [1.82, 2.24) is 0 Å². The van der Waals surface area contributed by atoms with E-state index in [-0.39, 0.29) is 31.1 Å². The molecule has 0 bridgehead atoms. The molecule has 0 aromatic rings. The number of ether oxygens (including phenoxy) is 3. The monoisotopic (exact) mass is 719 g/mol. The molecule has 0 N–H and O–H groups in total. The molecule has 0 radical (unpaired) electrons. The summed E-state index contributed by atoms with van der Waals surface area (Å²) < 4.78 is 16.6. The number of carbonyl (C=O) groups excluding carboxylic acids is 3. The predicted molar refractivity (Wildman–Crippen MR) is 215 cm³/mol. The molecule has 0 amide bonds.